The van der Waals surface area contributed by atoms with E-state index in [1.165, 1.54) is 0 Å². The van der Waals surface area contributed by atoms with Gasteiger partial charge in [-0.25, -0.2) is 9.59 Å². The van der Waals surface area contributed by atoms with Crippen LogP contribution in [0.3, 0.4) is 0 Å². The lowest BCUT2D eigenvalue weighted by Crippen LogP contribution is -2.64. The van der Waals surface area contributed by atoms with Crippen molar-refractivity contribution in [2.75, 3.05) is 13.2 Å². The fourth-order valence-corrected chi connectivity index (χ4v) is 4.75. The number of aliphatic hydroxyl groups excluding tert-OH is 6. The lowest BCUT2D eigenvalue weighted by Gasteiger charge is -2.44. The van der Waals surface area contributed by atoms with E-state index in [0.717, 1.165) is 36.4 Å². The highest BCUT2D eigenvalue weighted by Crippen LogP contribution is 2.34. The second-order valence-electron chi connectivity index (χ2n) is 10.4. The molecule has 0 unspecified atom stereocenters. The van der Waals surface area contributed by atoms with Gasteiger partial charge in [0.15, 0.2) is 12.6 Å². The third-order valence-corrected chi connectivity index (χ3v) is 7.27. The third-order valence-electron chi connectivity index (χ3n) is 7.27. The zero-order chi connectivity index (χ0) is 34.8. The van der Waals surface area contributed by atoms with Crippen LogP contribution in [0.25, 0.3) is 0 Å². The zero-order valence-corrected chi connectivity index (χ0v) is 23.6. The van der Waals surface area contributed by atoms with Crippen LogP contribution in [0.15, 0.2) is 48.5 Å². The summed E-state index contributed by atoms with van der Waals surface area (Å²) in [6.45, 7) is -1.97. The highest BCUT2D eigenvalue weighted by molar-refractivity contribution is 5.91. The molecular formula is C28H28F6O13. The van der Waals surface area contributed by atoms with Gasteiger partial charge in [-0.15, -0.1) is 0 Å². The van der Waals surface area contributed by atoms with Crippen LogP contribution in [0, 0.1) is 0 Å². The number of esters is 2. The van der Waals surface area contributed by atoms with Crippen molar-refractivity contribution in [1.29, 1.82) is 0 Å². The van der Waals surface area contributed by atoms with E-state index in [0.29, 0.717) is 12.1 Å². The van der Waals surface area contributed by atoms with Gasteiger partial charge in [-0.05, 0) is 24.3 Å². The normalized spacial score (nSPS) is 31.7. The van der Waals surface area contributed by atoms with Gasteiger partial charge < -0.3 is 54.3 Å². The van der Waals surface area contributed by atoms with Gasteiger partial charge in [-0.1, -0.05) is 24.3 Å². The number of benzene rings is 2. The second kappa shape index (κ2) is 14.4. The minimum Gasteiger partial charge on any atom is -0.459 e. The number of ether oxygens (including phenoxy) is 5. The van der Waals surface area contributed by atoms with E-state index in [4.69, 9.17) is 23.7 Å². The first-order chi connectivity index (χ1) is 21.9. The lowest BCUT2D eigenvalue weighted by atomic mass is 9.98. The molecule has 13 nitrogen and oxygen atoms in total. The fourth-order valence-electron chi connectivity index (χ4n) is 4.75. The number of hydrogen-bond acceptors (Lipinski definition) is 13. The minimum absolute atomic E-state index is 0.628. The van der Waals surface area contributed by atoms with Gasteiger partial charge >= 0.3 is 24.3 Å². The molecular weight excluding hydrogens is 658 g/mol. The maximum atomic E-state index is 13.3. The van der Waals surface area contributed by atoms with Gasteiger partial charge in [-0.3, -0.25) is 0 Å². The highest BCUT2D eigenvalue weighted by Gasteiger charge is 2.50. The Morgan fingerprint density at radius 2 is 0.915 bits per heavy atom. The molecule has 0 spiro atoms. The summed E-state index contributed by atoms with van der Waals surface area (Å²) in [6.07, 6.45) is -29.8. The average Bonchev–Trinajstić information content (AvgIpc) is 3.02. The van der Waals surface area contributed by atoms with E-state index in [2.05, 4.69) is 0 Å². The van der Waals surface area contributed by atoms with Crippen LogP contribution in [0.5, 0.6) is 0 Å². The monoisotopic (exact) mass is 686 g/mol. The van der Waals surface area contributed by atoms with Gasteiger partial charge in [0.2, 0.25) is 0 Å². The van der Waals surface area contributed by atoms with Crippen molar-refractivity contribution in [2.45, 2.75) is 73.8 Å². The Kier molecular flexibility index (Phi) is 11.1. The summed E-state index contributed by atoms with van der Waals surface area (Å²) in [6, 6.07) is 7.26. The van der Waals surface area contributed by atoms with E-state index in [1.54, 1.807) is 0 Å². The van der Waals surface area contributed by atoms with Crippen LogP contribution >= 0.6 is 0 Å². The molecule has 2 aliphatic rings. The summed E-state index contributed by atoms with van der Waals surface area (Å²) in [5.41, 5.74) is -4.39. The summed E-state index contributed by atoms with van der Waals surface area (Å²) in [5, 5.41) is 62.1. The Morgan fingerprint density at radius 1 is 0.574 bits per heavy atom. The molecule has 2 aliphatic heterocycles. The first-order valence-corrected chi connectivity index (χ1v) is 13.6. The number of carbonyl (C=O) groups is 2. The summed E-state index contributed by atoms with van der Waals surface area (Å²) in [4.78, 5) is 24.8. The van der Waals surface area contributed by atoms with Gasteiger partial charge in [0.25, 0.3) is 0 Å². The minimum atomic E-state index is -4.92. The van der Waals surface area contributed by atoms with Crippen molar-refractivity contribution in [2.24, 2.45) is 0 Å². The van der Waals surface area contributed by atoms with Crippen molar-refractivity contribution in [3.63, 3.8) is 0 Å². The summed E-state index contributed by atoms with van der Waals surface area (Å²) in [7, 11) is 0. The summed E-state index contributed by atoms with van der Waals surface area (Å²) < 4.78 is 105. The zero-order valence-electron chi connectivity index (χ0n) is 23.6. The van der Waals surface area contributed by atoms with E-state index < -0.39 is 121 Å². The Morgan fingerprint density at radius 3 is 1.26 bits per heavy atom. The highest BCUT2D eigenvalue weighted by atomic mass is 19.4. The molecule has 47 heavy (non-hydrogen) atoms. The molecule has 4 rings (SSSR count). The number of alkyl halides is 6. The average molecular weight is 687 g/mol. The van der Waals surface area contributed by atoms with Crippen LogP contribution in [0.4, 0.5) is 26.3 Å². The number of halogens is 6. The van der Waals surface area contributed by atoms with E-state index in [1.807, 2.05) is 0 Å². The molecule has 10 atom stereocenters. The second-order valence-corrected chi connectivity index (χ2v) is 10.4. The van der Waals surface area contributed by atoms with Crippen molar-refractivity contribution >= 4 is 11.9 Å². The van der Waals surface area contributed by atoms with Crippen LogP contribution in [0.2, 0.25) is 0 Å². The van der Waals surface area contributed by atoms with Crippen LogP contribution in [-0.2, 0) is 36.0 Å². The van der Waals surface area contributed by atoms with Crippen molar-refractivity contribution in [1.82, 2.24) is 0 Å². The molecule has 2 heterocycles. The molecule has 2 fully saturated rings. The molecule has 2 aromatic rings. The topological polar surface area (TPSA) is 202 Å². The third kappa shape index (κ3) is 8.19. The predicted octanol–water partition coefficient (Wildman–Crippen LogP) is 0.370. The first kappa shape index (κ1) is 36.4. The smallest absolute Gasteiger partial charge is 0.417 e. The number of aliphatic hydroxyl groups is 6. The number of rotatable bonds is 8. The Labute approximate surface area is 260 Å². The van der Waals surface area contributed by atoms with Crippen LogP contribution < -0.4 is 0 Å². The SMILES string of the molecule is O=C(OC[C@H]1O[C@H](O[C@H]2O[C@H](COC(=O)c3ccccc3C(F)(F)F)[C@@H](O)[C@H](O)[C@H]2O)[C@H](O)[C@@H](O)[C@@H]1O)c1ccccc1C(F)(F)F. The molecule has 0 amide bonds. The Bertz CT molecular complexity index is 1300. The van der Waals surface area contributed by atoms with Crippen molar-refractivity contribution in [3.8, 4) is 0 Å². The van der Waals surface area contributed by atoms with E-state index in [9.17, 15) is 66.6 Å². The van der Waals surface area contributed by atoms with Gasteiger partial charge in [-0.2, -0.15) is 26.3 Å². The molecule has 0 aliphatic carbocycles. The predicted molar refractivity (Wildman–Crippen MR) is 138 cm³/mol. The number of hydrogen-bond donors (Lipinski definition) is 6. The molecule has 2 aromatic carbocycles. The number of carbonyl (C=O) groups excluding carboxylic acids is 2. The molecule has 6 N–H and O–H groups in total. The molecule has 0 saturated carbocycles. The summed E-state index contributed by atoms with van der Waals surface area (Å²) >= 11 is 0. The van der Waals surface area contributed by atoms with Crippen LogP contribution in [0.1, 0.15) is 31.8 Å². The standard InChI is InChI=1S/C28H28F6O13/c29-27(30,31)13-7-3-1-5-11(13)23(41)43-9-15-17(35)19(37)21(39)25(45-15)47-26-22(40)20(38)18(36)16(46-26)10-44-24(42)12-6-2-4-8-14(12)28(32,33)34/h1-8,15-22,25-26,35-40H,9-10H2/t15-,16-,17-,18-,19+,20+,21-,22-,25-,26-/m1/s1. The molecule has 19 heteroatoms. The van der Waals surface area contributed by atoms with Gasteiger partial charge in [0.1, 0.15) is 62.0 Å². The summed E-state index contributed by atoms with van der Waals surface area (Å²) in [5.74, 6) is -2.96. The molecule has 2 saturated heterocycles. The van der Waals surface area contributed by atoms with Gasteiger partial charge in [0.05, 0.1) is 22.3 Å². The first-order valence-electron chi connectivity index (χ1n) is 13.6. The van der Waals surface area contributed by atoms with Gasteiger partial charge in [0, 0.05) is 0 Å². The quantitative estimate of drug-likeness (QED) is 0.165. The Hall–Kier alpha value is -3.40. The van der Waals surface area contributed by atoms with Crippen LogP contribution in [-0.4, -0.2) is 117 Å². The van der Waals surface area contributed by atoms with E-state index >= 15 is 0 Å². The maximum absolute atomic E-state index is 13.3. The molecule has 0 aromatic heterocycles. The fraction of sp³-hybridized carbons (Fsp3) is 0.500. The molecule has 260 valence electrons. The Balaban J connectivity index is 1.42. The molecule has 0 bridgehead atoms. The lowest BCUT2D eigenvalue weighted by molar-refractivity contribution is -0.376. The maximum Gasteiger partial charge on any atom is 0.417 e. The van der Waals surface area contributed by atoms with Crippen molar-refractivity contribution < 1.29 is 90.3 Å². The van der Waals surface area contributed by atoms with E-state index in [-0.39, 0.29) is 0 Å². The van der Waals surface area contributed by atoms with Crippen molar-refractivity contribution in [3.05, 3.63) is 70.8 Å². The molecule has 0 radical (unpaired) electrons. The largest absolute Gasteiger partial charge is 0.459 e.